The molecule has 1 aliphatic rings. The van der Waals surface area contributed by atoms with Crippen LogP contribution < -0.4 is 0 Å². The topological polar surface area (TPSA) is 63.2 Å². The summed E-state index contributed by atoms with van der Waals surface area (Å²) >= 11 is 3.28. The quantitative estimate of drug-likeness (QED) is 0.684. The van der Waals surface area contributed by atoms with Crippen molar-refractivity contribution in [3.8, 4) is 0 Å². The van der Waals surface area contributed by atoms with Crippen LogP contribution in [-0.2, 0) is 22.2 Å². The van der Waals surface area contributed by atoms with Crippen LogP contribution in [0.4, 0.5) is 0 Å². The van der Waals surface area contributed by atoms with Gasteiger partial charge in [0.05, 0.1) is 15.7 Å². The van der Waals surface area contributed by atoms with E-state index in [1.807, 2.05) is 0 Å². The van der Waals surface area contributed by atoms with Crippen LogP contribution in [0, 0.1) is 0 Å². The van der Waals surface area contributed by atoms with Gasteiger partial charge in [-0.1, -0.05) is 6.92 Å². The van der Waals surface area contributed by atoms with Crippen LogP contribution in [0.25, 0.3) is 0 Å². The monoisotopic (exact) mass is 383 g/mol. The first-order chi connectivity index (χ1) is 11.6. The van der Waals surface area contributed by atoms with Crippen molar-refractivity contribution in [2.45, 2.75) is 48.3 Å². The normalized spacial score (nSPS) is 15.9. The molecular formula is C16H21N3O2S3. The summed E-state index contributed by atoms with van der Waals surface area (Å²) in [5.41, 5.74) is 1.06. The smallest absolute Gasteiger partial charge is 0.244 e. The van der Waals surface area contributed by atoms with Crippen molar-refractivity contribution in [3.63, 3.8) is 0 Å². The lowest BCUT2D eigenvalue weighted by Gasteiger charge is -2.15. The molecule has 24 heavy (non-hydrogen) atoms. The van der Waals surface area contributed by atoms with Gasteiger partial charge in [-0.25, -0.2) is 18.4 Å². The molecule has 3 rings (SSSR count). The zero-order valence-corrected chi connectivity index (χ0v) is 16.1. The summed E-state index contributed by atoms with van der Waals surface area (Å²) < 4.78 is 26.5. The van der Waals surface area contributed by atoms with Crippen LogP contribution in [0.1, 0.15) is 36.9 Å². The molecule has 0 N–H and O–H groups in total. The van der Waals surface area contributed by atoms with Gasteiger partial charge in [-0.3, -0.25) is 0 Å². The third kappa shape index (κ3) is 4.17. The maximum absolute atomic E-state index is 12.5. The van der Waals surface area contributed by atoms with Crippen molar-refractivity contribution in [1.29, 1.82) is 0 Å². The van der Waals surface area contributed by atoms with Gasteiger partial charge in [0.2, 0.25) is 10.0 Å². The molecule has 0 aliphatic carbocycles. The van der Waals surface area contributed by atoms with Crippen LogP contribution in [0.3, 0.4) is 0 Å². The van der Waals surface area contributed by atoms with E-state index < -0.39 is 10.0 Å². The van der Waals surface area contributed by atoms with Crippen molar-refractivity contribution in [2.24, 2.45) is 0 Å². The number of aryl methyl sites for hydroxylation is 1. The Hall–Kier alpha value is -0.960. The van der Waals surface area contributed by atoms with Crippen molar-refractivity contribution in [2.75, 3.05) is 13.1 Å². The van der Waals surface area contributed by atoms with Gasteiger partial charge in [-0.2, -0.15) is 4.31 Å². The molecule has 1 aliphatic heterocycles. The molecule has 0 bridgehead atoms. The molecule has 2 aromatic heterocycles. The molecule has 0 aromatic carbocycles. The number of aromatic nitrogens is 2. The first kappa shape index (κ1) is 17.8. The van der Waals surface area contributed by atoms with E-state index in [0.29, 0.717) is 13.1 Å². The van der Waals surface area contributed by atoms with Gasteiger partial charge in [0.15, 0.2) is 0 Å². The molecule has 0 amide bonds. The van der Waals surface area contributed by atoms with E-state index in [0.717, 1.165) is 42.2 Å². The lowest BCUT2D eigenvalue weighted by atomic mass is 10.3. The second-order valence-electron chi connectivity index (χ2n) is 5.71. The fourth-order valence-electron chi connectivity index (χ4n) is 2.57. The number of sulfonamides is 1. The van der Waals surface area contributed by atoms with E-state index in [2.05, 4.69) is 22.3 Å². The van der Waals surface area contributed by atoms with Crippen molar-refractivity contribution < 1.29 is 8.42 Å². The average Bonchev–Trinajstić information content (AvgIpc) is 3.26. The number of pyridine rings is 1. The predicted octanol–water partition coefficient (Wildman–Crippen LogP) is 3.57. The minimum absolute atomic E-state index is 0.285. The number of thioether (sulfide) groups is 1. The van der Waals surface area contributed by atoms with Crippen molar-refractivity contribution in [3.05, 3.63) is 34.4 Å². The largest absolute Gasteiger partial charge is 0.249 e. The second-order valence-corrected chi connectivity index (χ2v) is 9.59. The minimum atomic E-state index is -3.37. The zero-order chi connectivity index (χ0) is 17.0. The Morgan fingerprint density at radius 2 is 2.08 bits per heavy atom. The third-order valence-corrected chi connectivity index (χ3v) is 7.66. The van der Waals surface area contributed by atoms with Gasteiger partial charge < -0.3 is 0 Å². The van der Waals surface area contributed by atoms with Crippen LogP contribution in [0.5, 0.6) is 0 Å². The second kappa shape index (κ2) is 7.95. The Morgan fingerprint density at radius 1 is 1.29 bits per heavy atom. The minimum Gasteiger partial charge on any atom is -0.249 e. The number of nitrogens with zero attached hydrogens (tertiary/aromatic N) is 3. The maximum atomic E-state index is 12.5. The lowest BCUT2D eigenvalue weighted by molar-refractivity contribution is 0.477. The Bertz CT molecular complexity index is 766. The standard InChI is InChI=1S/C16H21N3O2S3/c1-2-5-16-18-13(12-23-16)11-22-15-7-6-14(10-17-15)24(20,21)19-8-3-4-9-19/h6-7,10,12H,2-5,8-9,11H2,1H3. The van der Waals surface area contributed by atoms with E-state index >= 15 is 0 Å². The molecule has 0 spiro atoms. The zero-order valence-electron chi connectivity index (χ0n) is 13.6. The Balaban J connectivity index is 1.61. The number of hydrogen-bond donors (Lipinski definition) is 0. The van der Waals surface area contributed by atoms with Crippen LogP contribution in [0.2, 0.25) is 0 Å². The predicted molar refractivity (Wildman–Crippen MR) is 97.9 cm³/mol. The molecule has 0 unspecified atom stereocenters. The third-order valence-electron chi connectivity index (χ3n) is 3.84. The maximum Gasteiger partial charge on any atom is 0.244 e. The van der Waals surface area contributed by atoms with E-state index in [1.54, 1.807) is 39.5 Å². The van der Waals surface area contributed by atoms with Gasteiger partial charge in [-0.05, 0) is 37.8 Å². The molecule has 130 valence electrons. The summed E-state index contributed by atoms with van der Waals surface area (Å²) in [6, 6.07) is 3.44. The summed E-state index contributed by atoms with van der Waals surface area (Å²) in [5, 5.41) is 4.08. The molecule has 3 heterocycles. The summed E-state index contributed by atoms with van der Waals surface area (Å²) in [6.07, 6.45) is 5.48. The first-order valence-corrected chi connectivity index (χ1v) is 11.4. The first-order valence-electron chi connectivity index (χ1n) is 8.12. The molecule has 0 saturated carbocycles. The fourth-order valence-corrected chi connectivity index (χ4v) is 5.78. The molecule has 2 aromatic rings. The van der Waals surface area contributed by atoms with Gasteiger partial charge in [0.1, 0.15) is 4.90 Å². The van der Waals surface area contributed by atoms with E-state index in [4.69, 9.17) is 0 Å². The molecular weight excluding hydrogens is 362 g/mol. The molecule has 0 atom stereocenters. The van der Waals surface area contributed by atoms with E-state index in [-0.39, 0.29) is 4.90 Å². The summed E-state index contributed by atoms with van der Waals surface area (Å²) in [4.78, 5) is 9.18. The fraction of sp³-hybridized carbons (Fsp3) is 0.500. The SMILES string of the molecule is CCCc1nc(CSc2ccc(S(=O)(=O)N3CCCC3)cn2)cs1. The highest BCUT2D eigenvalue weighted by Gasteiger charge is 2.27. The highest BCUT2D eigenvalue weighted by Crippen LogP contribution is 2.25. The van der Waals surface area contributed by atoms with E-state index in [9.17, 15) is 8.42 Å². The number of rotatable bonds is 7. The molecule has 5 nitrogen and oxygen atoms in total. The van der Waals surface area contributed by atoms with Crippen LogP contribution >= 0.6 is 23.1 Å². The van der Waals surface area contributed by atoms with Crippen molar-refractivity contribution >= 4 is 33.1 Å². The Morgan fingerprint density at radius 3 is 2.75 bits per heavy atom. The molecule has 1 fully saturated rings. The number of hydrogen-bond acceptors (Lipinski definition) is 6. The summed E-state index contributed by atoms with van der Waals surface area (Å²) in [5.74, 6) is 0.755. The molecule has 8 heteroatoms. The van der Waals surface area contributed by atoms with Crippen molar-refractivity contribution in [1.82, 2.24) is 14.3 Å². The van der Waals surface area contributed by atoms with E-state index in [1.165, 1.54) is 11.2 Å². The van der Waals surface area contributed by atoms with Gasteiger partial charge in [0.25, 0.3) is 0 Å². The average molecular weight is 384 g/mol. The van der Waals surface area contributed by atoms with Gasteiger partial charge in [-0.15, -0.1) is 23.1 Å². The highest BCUT2D eigenvalue weighted by molar-refractivity contribution is 7.98. The molecule has 0 radical (unpaired) electrons. The number of thiazole rings is 1. The van der Waals surface area contributed by atoms with Crippen LogP contribution in [0.15, 0.2) is 33.6 Å². The Kier molecular flexibility index (Phi) is 5.91. The summed E-state index contributed by atoms with van der Waals surface area (Å²) in [7, 11) is -3.37. The molecule has 1 saturated heterocycles. The lowest BCUT2D eigenvalue weighted by Crippen LogP contribution is -2.27. The van der Waals surface area contributed by atoms with Gasteiger partial charge in [0, 0.05) is 30.4 Å². The Labute approximate surface area is 151 Å². The van der Waals surface area contributed by atoms with Gasteiger partial charge >= 0.3 is 0 Å². The summed E-state index contributed by atoms with van der Waals surface area (Å²) in [6.45, 7) is 3.38. The highest BCUT2D eigenvalue weighted by atomic mass is 32.2. The van der Waals surface area contributed by atoms with Crippen LogP contribution in [-0.4, -0.2) is 35.8 Å².